The maximum Gasteiger partial charge on any atom is 0.343 e. The Balaban J connectivity index is 2.04. The van der Waals surface area contributed by atoms with E-state index in [9.17, 15) is 14.4 Å². The molecule has 27 heavy (non-hydrogen) atoms. The predicted octanol–water partition coefficient (Wildman–Crippen LogP) is 2.59. The molecule has 1 saturated heterocycles. The Morgan fingerprint density at radius 2 is 1.96 bits per heavy atom. The van der Waals surface area contributed by atoms with Crippen LogP contribution in [0.3, 0.4) is 0 Å². The normalized spacial score (nSPS) is 16.6. The van der Waals surface area contributed by atoms with Gasteiger partial charge in [0.15, 0.2) is 0 Å². The first kappa shape index (κ1) is 18.8. The van der Waals surface area contributed by atoms with Crippen molar-refractivity contribution in [3.63, 3.8) is 0 Å². The Morgan fingerprint density at radius 3 is 2.59 bits per heavy atom. The van der Waals surface area contributed by atoms with E-state index in [1.54, 1.807) is 15.7 Å². The van der Waals surface area contributed by atoms with E-state index in [-0.39, 0.29) is 29.1 Å². The third-order valence-electron chi connectivity index (χ3n) is 4.82. The van der Waals surface area contributed by atoms with Crippen LogP contribution in [0.25, 0.3) is 0 Å². The summed E-state index contributed by atoms with van der Waals surface area (Å²) >= 11 is 0. The standard InChI is InChI=1S/C20H23N3O4/c1-13(2)22-11-14(18(24)15(12-22)20(26)27-3)19(25)23-10-6-8-17(23)16-7-4-5-9-21-16/h4-5,7,9,11-13,17H,6,8,10H2,1-3H3. The van der Waals surface area contributed by atoms with Crippen molar-refractivity contribution in [3.05, 3.63) is 63.8 Å². The van der Waals surface area contributed by atoms with Crippen LogP contribution in [0.1, 0.15) is 65.2 Å². The Bertz CT molecular complexity index is 905. The molecule has 1 fully saturated rings. The van der Waals surface area contributed by atoms with Crippen LogP contribution in [0.2, 0.25) is 0 Å². The second kappa shape index (κ2) is 7.73. The first-order valence-electron chi connectivity index (χ1n) is 9.00. The third-order valence-corrected chi connectivity index (χ3v) is 4.82. The van der Waals surface area contributed by atoms with Crippen LogP contribution in [0.5, 0.6) is 0 Å². The van der Waals surface area contributed by atoms with Gasteiger partial charge in [-0.15, -0.1) is 0 Å². The molecule has 0 radical (unpaired) electrons. The number of carbonyl (C=O) groups is 2. The van der Waals surface area contributed by atoms with Crippen LogP contribution in [0.4, 0.5) is 0 Å². The molecule has 0 N–H and O–H groups in total. The quantitative estimate of drug-likeness (QED) is 0.774. The number of esters is 1. The summed E-state index contributed by atoms with van der Waals surface area (Å²) < 4.78 is 6.40. The molecule has 1 atom stereocenters. The van der Waals surface area contributed by atoms with Gasteiger partial charge in [0.25, 0.3) is 5.91 Å². The fourth-order valence-corrected chi connectivity index (χ4v) is 3.35. The van der Waals surface area contributed by atoms with Gasteiger partial charge in [0.05, 0.1) is 18.8 Å². The zero-order chi connectivity index (χ0) is 19.6. The smallest absolute Gasteiger partial charge is 0.343 e. The molecule has 0 aromatic carbocycles. The van der Waals surface area contributed by atoms with E-state index in [1.165, 1.54) is 19.5 Å². The van der Waals surface area contributed by atoms with Gasteiger partial charge >= 0.3 is 5.97 Å². The first-order chi connectivity index (χ1) is 12.9. The lowest BCUT2D eigenvalue weighted by Gasteiger charge is -2.25. The Hall–Kier alpha value is -2.96. The minimum Gasteiger partial charge on any atom is -0.465 e. The number of rotatable bonds is 4. The van der Waals surface area contributed by atoms with Gasteiger partial charge in [0.1, 0.15) is 11.1 Å². The molecule has 1 aliphatic rings. The van der Waals surface area contributed by atoms with E-state index in [4.69, 9.17) is 4.74 Å². The van der Waals surface area contributed by atoms with E-state index < -0.39 is 11.4 Å². The first-order valence-corrected chi connectivity index (χ1v) is 9.00. The van der Waals surface area contributed by atoms with Crippen LogP contribution in [0.15, 0.2) is 41.6 Å². The van der Waals surface area contributed by atoms with Crippen molar-refractivity contribution in [2.24, 2.45) is 0 Å². The van der Waals surface area contributed by atoms with E-state index in [1.807, 2.05) is 32.0 Å². The van der Waals surface area contributed by atoms with Gasteiger partial charge in [-0.05, 0) is 38.8 Å². The number of nitrogens with zero attached hydrogens (tertiary/aromatic N) is 3. The molecule has 3 heterocycles. The molecule has 2 aromatic heterocycles. The van der Waals surface area contributed by atoms with Gasteiger partial charge in [0, 0.05) is 31.2 Å². The summed E-state index contributed by atoms with van der Waals surface area (Å²) in [7, 11) is 1.22. The molecular weight excluding hydrogens is 346 g/mol. The van der Waals surface area contributed by atoms with Crippen molar-refractivity contribution < 1.29 is 14.3 Å². The zero-order valence-corrected chi connectivity index (χ0v) is 15.7. The van der Waals surface area contributed by atoms with Crippen molar-refractivity contribution in [1.29, 1.82) is 0 Å². The molecule has 7 nitrogen and oxygen atoms in total. The maximum absolute atomic E-state index is 13.2. The van der Waals surface area contributed by atoms with Crippen LogP contribution >= 0.6 is 0 Å². The highest BCUT2D eigenvalue weighted by Gasteiger charge is 2.33. The molecule has 2 aromatic rings. The van der Waals surface area contributed by atoms with E-state index in [2.05, 4.69) is 4.98 Å². The van der Waals surface area contributed by atoms with Gasteiger partial charge in [-0.1, -0.05) is 6.07 Å². The fraction of sp³-hybridized carbons (Fsp3) is 0.400. The predicted molar refractivity (Wildman–Crippen MR) is 99.7 cm³/mol. The average Bonchev–Trinajstić information content (AvgIpc) is 3.17. The van der Waals surface area contributed by atoms with Crippen LogP contribution in [-0.4, -0.2) is 40.0 Å². The van der Waals surface area contributed by atoms with Crippen LogP contribution < -0.4 is 5.43 Å². The molecule has 1 unspecified atom stereocenters. The Labute approximate surface area is 157 Å². The fourth-order valence-electron chi connectivity index (χ4n) is 3.35. The molecule has 142 valence electrons. The van der Waals surface area contributed by atoms with Crippen LogP contribution in [-0.2, 0) is 4.74 Å². The molecule has 0 spiro atoms. The number of amides is 1. The molecular formula is C20H23N3O4. The summed E-state index contributed by atoms with van der Waals surface area (Å²) in [5, 5.41) is 0. The molecule has 0 bridgehead atoms. The van der Waals surface area contributed by atoms with Crippen molar-refractivity contribution in [2.45, 2.75) is 38.8 Å². The van der Waals surface area contributed by atoms with Crippen molar-refractivity contribution in [1.82, 2.24) is 14.5 Å². The Morgan fingerprint density at radius 1 is 1.22 bits per heavy atom. The van der Waals surface area contributed by atoms with Crippen molar-refractivity contribution in [2.75, 3.05) is 13.7 Å². The maximum atomic E-state index is 13.2. The topological polar surface area (TPSA) is 81.5 Å². The van der Waals surface area contributed by atoms with Crippen LogP contribution in [0, 0.1) is 0 Å². The minimum absolute atomic E-state index is 0.0190. The highest BCUT2D eigenvalue weighted by Crippen LogP contribution is 2.31. The SMILES string of the molecule is COC(=O)c1cn(C(C)C)cc(C(=O)N2CCCC2c2ccccn2)c1=O. The number of hydrogen-bond donors (Lipinski definition) is 0. The number of carbonyl (C=O) groups excluding carboxylic acids is 2. The lowest BCUT2D eigenvalue weighted by atomic mass is 10.1. The number of methoxy groups -OCH3 is 1. The summed E-state index contributed by atoms with van der Waals surface area (Å²) in [5.74, 6) is -1.12. The van der Waals surface area contributed by atoms with E-state index >= 15 is 0 Å². The van der Waals surface area contributed by atoms with E-state index in [0.717, 1.165) is 18.5 Å². The van der Waals surface area contributed by atoms with Gasteiger partial charge in [0.2, 0.25) is 5.43 Å². The van der Waals surface area contributed by atoms with E-state index in [0.29, 0.717) is 6.54 Å². The summed E-state index contributed by atoms with van der Waals surface area (Å²) in [6, 6.07) is 5.39. The largest absolute Gasteiger partial charge is 0.465 e. The molecule has 0 aliphatic carbocycles. The summed E-state index contributed by atoms with van der Waals surface area (Å²) in [6.45, 7) is 4.36. The number of ether oxygens (including phenoxy) is 1. The van der Waals surface area contributed by atoms with Crippen molar-refractivity contribution in [3.8, 4) is 0 Å². The molecule has 3 rings (SSSR count). The summed E-state index contributed by atoms with van der Waals surface area (Å²) in [6.07, 6.45) is 6.28. The Kier molecular flexibility index (Phi) is 5.39. The highest BCUT2D eigenvalue weighted by molar-refractivity contribution is 5.97. The monoisotopic (exact) mass is 369 g/mol. The second-order valence-electron chi connectivity index (χ2n) is 6.86. The average molecular weight is 369 g/mol. The third kappa shape index (κ3) is 3.63. The molecule has 0 saturated carbocycles. The summed E-state index contributed by atoms with van der Waals surface area (Å²) in [5.41, 5.74) is 0.0483. The zero-order valence-electron chi connectivity index (χ0n) is 15.7. The van der Waals surface area contributed by atoms with Gasteiger partial charge < -0.3 is 14.2 Å². The highest BCUT2D eigenvalue weighted by atomic mass is 16.5. The lowest BCUT2D eigenvalue weighted by Crippen LogP contribution is -2.36. The molecule has 1 aliphatic heterocycles. The van der Waals surface area contributed by atoms with Gasteiger partial charge in [-0.3, -0.25) is 14.6 Å². The van der Waals surface area contributed by atoms with Gasteiger partial charge in [-0.2, -0.15) is 0 Å². The number of hydrogen-bond acceptors (Lipinski definition) is 5. The van der Waals surface area contributed by atoms with Gasteiger partial charge in [-0.25, -0.2) is 4.79 Å². The molecule has 7 heteroatoms. The molecule has 1 amide bonds. The van der Waals surface area contributed by atoms with Crippen molar-refractivity contribution >= 4 is 11.9 Å². The lowest BCUT2D eigenvalue weighted by molar-refractivity contribution is 0.0598. The number of aromatic nitrogens is 2. The number of likely N-dealkylation sites (tertiary alicyclic amines) is 1. The summed E-state index contributed by atoms with van der Waals surface area (Å²) in [4.78, 5) is 44.1. The second-order valence-corrected chi connectivity index (χ2v) is 6.86. The minimum atomic E-state index is -0.744. The number of pyridine rings is 2.